The van der Waals surface area contributed by atoms with Gasteiger partial charge in [0.25, 0.3) is 6.43 Å². The molecule has 0 amide bonds. The molecule has 3 atom stereocenters. The van der Waals surface area contributed by atoms with Crippen LogP contribution in [0.2, 0.25) is 0 Å². The predicted molar refractivity (Wildman–Crippen MR) is 368 cm³/mol. The Morgan fingerprint density at radius 1 is 0.569 bits per heavy atom. The van der Waals surface area contributed by atoms with Crippen molar-refractivity contribution in [1.82, 2.24) is 49.3 Å². The molecule has 4 aromatic heterocycles. The number of carbonyl (C=O) groups is 3. The van der Waals surface area contributed by atoms with E-state index >= 15 is 0 Å². The molecule has 102 heavy (non-hydrogen) atoms. The molecule has 30 heteroatoms. The quantitative estimate of drug-likeness (QED) is 0.0180. The zero-order valence-corrected chi connectivity index (χ0v) is 56.4. The van der Waals surface area contributed by atoms with Gasteiger partial charge in [0.1, 0.15) is 28.6 Å². The number of hydrogen-bond donors (Lipinski definition) is 9. The fraction of sp³-hybridized carbons (Fsp3) is 0.389. The fourth-order valence-corrected chi connectivity index (χ4v) is 14.7. The first-order chi connectivity index (χ1) is 48.7. The Balaban J connectivity index is 0.835. The summed E-state index contributed by atoms with van der Waals surface area (Å²) in [4.78, 5) is 64.4. The maximum absolute atomic E-state index is 14.1. The van der Waals surface area contributed by atoms with Crippen molar-refractivity contribution in [2.45, 2.75) is 82.8 Å². The first-order valence-electron chi connectivity index (χ1n) is 33.3. The fourth-order valence-electron chi connectivity index (χ4n) is 14.7. The smallest absolute Gasteiger partial charge is 0.390 e. The van der Waals surface area contributed by atoms with Gasteiger partial charge in [0.15, 0.2) is 0 Å². The minimum Gasteiger partial charge on any atom is -0.496 e. The van der Waals surface area contributed by atoms with Crippen LogP contribution in [0.15, 0.2) is 104 Å². The van der Waals surface area contributed by atoms with Crippen LogP contribution in [0.1, 0.15) is 107 Å². The summed E-state index contributed by atoms with van der Waals surface area (Å²) in [6.45, 7) is 4.05. The van der Waals surface area contributed by atoms with Crippen LogP contribution in [-0.4, -0.2) is 201 Å². The van der Waals surface area contributed by atoms with E-state index in [4.69, 9.17) is 24.9 Å². The summed E-state index contributed by atoms with van der Waals surface area (Å²) in [5.74, 6) is -2.33. The molecule has 12 rings (SSSR count). The Labute approximate surface area is 580 Å². The van der Waals surface area contributed by atoms with Gasteiger partial charge in [-0.05, 0) is 95.9 Å². The highest BCUT2D eigenvalue weighted by Crippen LogP contribution is 2.43. The lowest BCUT2D eigenvalue weighted by atomic mass is 9.97. The number of rotatable bonds is 26. The van der Waals surface area contributed by atoms with Gasteiger partial charge in [0.05, 0.1) is 80.3 Å². The lowest BCUT2D eigenvalue weighted by Gasteiger charge is -2.42. The summed E-state index contributed by atoms with van der Waals surface area (Å²) in [5.41, 5.74) is 14.1. The van der Waals surface area contributed by atoms with Gasteiger partial charge in [-0.15, -0.1) is 0 Å². The van der Waals surface area contributed by atoms with Crippen molar-refractivity contribution < 1.29 is 79.0 Å². The van der Waals surface area contributed by atoms with E-state index in [0.717, 1.165) is 33.0 Å². The Kier molecular flexibility index (Phi) is 21.3. The molecule has 0 unspecified atom stereocenters. The summed E-state index contributed by atoms with van der Waals surface area (Å²) < 4.78 is 128. The number of aryl methyl sites for hydroxylation is 1. The van der Waals surface area contributed by atoms with Crippen LogP contribution < -0.4 is 30.6 Å². The Bertz CT molecular complexity index is 4560. The van der Waals surface area contributed by atoms with E-state index in [2.05, 4.69) is 40.3 Å². The average Bonchev–Trinajstić information content (AvgIpc) is 1.42. The number of nitrogen functional groups attached to an aromatic ring is 1. The first kappa shape index (κ1) is 72.1. The van der Waals surface area contributed by atoms with Gasteiger partial charge < -0.3 is 60.8 Å². The second-order valence-electron chi connectivity index (χ2n) is 26.1. The first-order valence-corrected chi connectivity index (χ1v) is 33.3. The van der Waals surface area contributed by atoms with Gasteiger partial charge in [-0.3, -0.25) is 29.4 Å². The lowest BCUT2D eigenvalue weighted by Crippen LogP contribution is -2.49. The maximum Gasteiger partial charge on any atom is 0.390 e. The van der Waals surface area contributed by atoms with Crippen LogP contribution in [0.25, 0.3) is 32.7 Å². The number of aromatic carboxylic acids is 3. The highest BCUT2D eigenvalue weighted by Gasteiger charge is 2.38. The van der Waals surface area contributed by atoms with Crippen LogP contribution in [0.3, 0.4) is 0 Å². The SMILES string of the molecule is COc1cc(C)c2[nH]ccc2c1CN1CCN(CC(F)F)C[C@@H]1c1ccc(C(=O)O)c(Nc2cc(OC)c(CN3CCN(CCC(F)(F)F)C[C@@H]3c3ccc(C(=O)O)c(NCc4cc(OC)c(CN5CCN(CCC(F)(F)F)C[C@H]5c5ccc(C(=O)O)c(N)c5)c5cc[nH]c45)c3)c3cc[nH]c23)n1. The summed E-state index contributed by atoms with van der Waals surface area (Å²) in [7, 11) is 4.56. The van der Waals surface area contributed by atoms with Gasteiger partial charge in [-0.2, -0.15) is 26.3 Å². The number of halogens is 8. The number of alkyl halides is 8. The largest absolute Gasteiger partial charge is 0.496 e. The molecule has 9 aromatic rings. The number of nitrogens with one attached hydrogen (secondary N) is 5. The van der Waals surface area contributed by atoms with Crippen molar-refractivity contribution in [2.24, 2.45) is 0 Å². The molecule has 0 radical (unpaired) electrons. The molecular weight excluding hydrogens is 1340 g/mol. The maximum atomic E-state index is 14.1. The van der Waals surface area contributed by atoms with Gasteiger partial charge in [-0.1, -0.05) is 12.1 Å². The number of H-pyrrole nitrogens is 3. The number of nitrogens with two attached hydrogens (primary N) is 1. The van der Waals surface area contributed by atoms with E-state index in [-0.39, 0.29) is 99.3 Å². The lowest BCUT2D eigenvalue weighted by molar-refractivity contribution is -0.140. The zero-order valence-electron chi connectivity index (χ0n) is 56.4. The number of pyridine rings is 1. The molecule has 542 valence electrons. The van der Waals surface area contributed by atoms with Crippen LogP contribution in [0.4, 0.5) is 58.0 Å². The highest BCUT2D eigenvalue weighted by molar-refractivity contribution is 6.00. The number of carboxylic acid groups (broad SMARTS) is 3. The van der Waals surface area contributed by atoms with Crippen molar-refractivity contribution in [3.63, 3.8) is 0 Å². The third kappa shape index (κ3) is 15.8. The molecule has 0 spiro atoms. The van der Waals surface area contributed by atoms with Crippen LogP contribution in [-0.2, 0) is 26.2 Å². The van der Waals surface area contributed by atoms with Crippen molar-refractivity contribution in [1.29, 1.82) is 0 Å². The van der Waals surface area contributed by atoms with Crippen molar-refractivity contribution in [3.8, 4) is 17.2 Å². The van der Waals surface area contributed by atoms with E-state index in [0.29, 0.717) is 100 Å². The topological polar surface area (TPSA) is 269 Å². The molecule has 22 nitrogen and oxygen atoms in total. The van der Waals surface area contributed by atoms with Gasteiger partial charge in [-0.25, -0.2) is 28.1 Å². The Hall–Kier alpha value is -9.72. The molecule has 0 aliphatic carbocycles. The standard InChI is InChI=1S/C72H79F8N13O9/c1-40-27-60(100-2)50(44-11-16-82-64(40)44)35-93-26-23-90(39-63(73)74)38-59(93)54-10-9-49(70(98)99)67(86-54)87-56-31-62(102-4)52(46-13-18-84-66(46)56)34-92-25-22-89(20-15-72(78,79)80)37-58(92)42-6-8-48(69(96)97)55(29-42)85-32-43-30-61(101-3)51(45-12-17-83-65(43)45)33-91-24-21-88(19-14-71(75,76)77)36-57(91)41-5-7-47(68(94)95)53(81)28-41/h5-13,16-18,27-31,57-59,63,82-85H,14-15,19-26,32-39,81H2,1-4H3,(H,86,87)(H,94,95)(H,96,97)(H,98,99)/t57-,58+,59+/m0/s1. The van der Waals surface area contributed by atoms with Crippen molar-refractivity contribution >= 4 is 73.5 Å². The van der Waals surface area contributed by atoms with Crippen LogP contribution in [0.5, 0.6) is 17.2 Å². The average molecular weight is 1420 g/mol. The number of hydrogen-bond acceptors (Lipinski definition) is 16. The number of aromatic nitrogens is 4. The second kappa shape index (κ2) is 30.1. The molecule has 5 aromatic carbocycles. The summed E-state index contributed by atoms with van der Waals surface area (Å²) in [6, 6.07) is 21.7. The van der Waals surface area contributed by atoms with E-state index in [9.17, 15) is 64.8 Å². The van der Waals surface area contributed by atoms with Gasteiger partial charge in [0, 0.05) is 185 Å². The highest BCUT2D eigenvalue weighted by atomic mass is 19.4. The van der Waals surface area contributed by atoms with E-state index in [1.807, 2.05) is 37.4 Å². The Morgan fingerprint density at radius 3 is 1.58 bits per heavy atom. The third-order valence-electron chi connectivity index (χ3n) is 19.9. The van der Waals surface area contributed by atoms with Crippen LogP contribution in [0, 0.1) is 6.92 Å². The molecule has 3 aliphatic rings. The number of fused-ring (bicyclic) bond motifs is 3. The summed E-state index contributed by atoms with van der Waals surface area (Å²) >= 11 is 0. The van der Waals surface area contributed by atoms with E-state index in [1.165, 1.54) is 38.5 Å². The van der Waals surface area contributed by atoms with Crippen molar-refractivity contribution in [2.75, 3.05) is 116 Å². The number of ether oxygens (including phenoxy) is 3. The van der Waals surface area contributed by atoms with Crippen LogP contribution >= 0.6 is 0 Å². The number of benzene rings is 5. The minimum absolute atomic E-state index is 0.00571. The summed E-state index contributed by atoms with van der Waals surface area (Å²) in [5, 5.41) is 40.0. The Morgan fingerprint density at radius 2 is 1.04 bits per heavy atom. The second-order valence-corrected chi connectivity index (χ2v) is 26.1. The molecule has 3 fully saturated rings. The molecule has 7 heterocycles. The number of aromatic amines is 3. The third-order valence-corrected chi connectivity index (χ3v) is 19.9. The molecule has 0 saturated carbocycles. The monoisotopic (exact) mass is 1420 g/mol. The zero-order chi connectivity index (χ0) is 72.5. The number of nitrogens with zero attached hydrogens (tertiary/aromatic N) is 7. The number of carboxylic acids is 3. The van der Waals surface area contributed by atoms with Crippen molar-refractivity contribution in [3.05, 3.63) is 165 Å². The van der Waals surface area contributed by atoms with E-state index < -0.39 is 74.2 Å². The minimum atomic E-state index is -4.45. The molecule has 0 bridgehead atoms. The molecule has 3 aliphatic heterocycles. The van der Waals surface area contributed by atoms with E-state index in [1.54, 1.807) is 70.6 Å². The molecule has 10 N–H and O–H groups in total. The number of piperazine rings is 3. The normalized spacial score (nSPS) is 18.0. The van der Waals surface area contributed by atoms with Gasteiger partial charge >= 0.3 is 30.3 Å². The number of methoxy groups -OCH3 is 3. The summed E-state index contributed by atoms with van der Waals surface area (Å²) in [6.07, 6.45) is -8.23. The predicted octanol–water partition coefficient (Wildman–Crippen LogP) is 12.6. The molecular formula is C72H79F8N13O9. The molecule has 3 saturated heterocycles. The van der Waals surface area contributed by atoms with Gasteiger partial charge in [0.2, 0.25) is 0 Å². The number of anilines is 4.